The van der Waals surface area contributed by atoms with Gasteiger partial charge in [-0.05, 0) is 50.5 Å². The van der Waals surface area contributed by atoms with Gasteiger partial charge in [0, 0.05) is 18.3 Å². The lowest BCUT2D eigenvalue weighted by molar-refractivity contribution is -0.118. The fraction of sp³-hybridized carbons (Fsp3) is 0.348. The van der Waals surface area contributed by atoms with Crippen LogP contribution < -0.4 is 10.5 Å². The van der Waals surface area contributed by atoms with Crippen LogP contribution in [0.25, 0.3) is 10.9 Å². The summed E-state index contributed by atoms with van der Waals surface area (Å²) in [5, 5.41) is 0.877. The second-order valence-electron chi connectivity index (χ2n) is 7.52. The van der Waals surface area contributed by atoms with Crippen molar-refractivity contribution < 1.29 is 4.79 Å². The minimum absolute atomic E-state index is 0.0421. The van der Waals surface area contributed by atoms with Crippen LogP contribution in [0.5, 0.6) is 0 Å². The number of para-hydroxylation sites is 2. The minimum atomic E-state index is -0.347. The molecule has 0 unspecified atom stereocenters. The number of fused-ring (bicyclic) bond motifs is 2. The average Bonchev–Trinajstić information content (AvgIpc) is 3.06. The number of rotatable bonds is 5. The number of amides is 1. The van der Waals surface area contributed by atoms with E-state index >= 15 is 0 Å². The summed E-state index contributed by atoms with van der Waals surface area (Å²) < 4.78 is 1.71. The number of benzene rings is 2. The van der Waals surface area contributed by atoms with Crippen molar-refractivity contribution in [2.24, 2.45) is 0 Å². The summed E-state index contributed by atoms with van der Waals surface area (Å²) in [6.45, 7) is 6.60. The molecular formula is C23H25N3O2S. The molecule has 2 atom stereocenters. The Morgan fingerprint density at radius 1 is 1.21 bits per heavy atom. The van der Waals surface area contributed by atoms with Crippen molar-refractivity contribution >= 4 is 34.3 Å². The van der Waals surface area contributed by atoms with E-state index in [0.717, 1.165) is 18.5 Å². The Kier molecular flexibility index (Phi) is 5.46. The largest absolute Gasteiger partial charge is 0.308 e. The molecule has 0 spiro atoms. The van der Waals surface area contributed by atoms with Crippen LogP contribution in [-0.4, -0.2) is 26.8 Å². The number of anilines is 1. The quantitative estimate of drug-likeness (QED) is 0.468. The summed E-state index contributed by atoms with van der Waals surface area (Å²) in [6.07, 6.45) is 1.69. The van der Waals surface area contributed by atoms with Crippen LogP contribution in [0.1, 0.15) is 32.8 Å². The SMILES string of the molecule is CCCn1c(S[C@@H](C)C(=O)N2c3ccccc3C[C@H]2C)nc2ccccc2c1=O. The van der Waals surface area contributed by atoms with Gasteiger partial charge in [0.05, 0.1) is 16.2 Å². The first-order valence-electron chi connectivity index (χ1n) is 10.1. The number of nitrogens with zero attached hydrogens (tertiary/aromatic N) is 3. The van der Waals surface area contributed by atoms with E-state index in [0.29, 0.717) is 22.6 Å². The van der Waals surface area contributed by atoms with Gasteiger partial charge in [-0.25, -0.2) is 4.98 Å². The molecule has 0 saturated heterocycles. The van der Waals surface area contributed by atoms with Crippen molar-refractivity contribution in [1.82, 2.24) is 9.55 Å². The summed E-state index contributed by atoms with van der Waals surface area (Å²) in [5.74, 6) is 0.0536. The summed E-state index contributed by atoms with van der Waals surface area (Å²) >= 11 is 1.37. The van der Waals surface area contributed by atoms with E-state index in [1.54, 1.807) is 4.57 Å². The Hall–Kier alpha value is -2.60. The van der Waals surface area contributed by atoms with Crippen molar-refractivity contribution in [3.63, 3.8) is 0 Å². The summed E-state index contributed by atoms with van der Waals surface area (Å²) in [5.41, 5.74) is 2.83. The Balaban J connectivity index is 1.67. The zero-order valence-corrected chi connectivity index (χ0v) is 17.8. The number of hydrogen-bond donors (Lipinski definition) is 0. The van der Waals surface area contributed by atoms with Crippen LogP contribution in [0, 0.1) is 0 Å². The molecule has 0 N–H and O–H groups in total. The van der Waals surface area contributed by atoms with E-state index in [4.69, 9.17) is 4.98 Å². The molecule has 0 radical (unpaired) electrons. The van der Waals surface area contributed by atoms with E-state index in [9.17, 15) is 9.59 Å². The predicted octanol–water partition coefficient (Wildman–Crippen LogP) is 4.26. The van der Waals surface area contributed by atoms with Crippen molar-refractivity contribution in [2.75, 3.05) is 4.90 Å². The molecular weight excluding hydrogens is 382 g/mol. The topological polar surface area (TPSA) is 55.2 Å². The molecule has 0 aliphatic carbocycles. The normalized spacial score (nSPS) is 16.8. The van der Waals surface area contributed by atoms with Crippen molar-refractivity contribution in [1.29, 1.82) is 0 Å². The minimum Gasteiger partial charge on any atom is -0.308 e. The molecule has 1 aliphatic rings. The molecule has 0 saturated carbocycles. The van der Waals surface area contributed by atoms with Crippen molar-refractivity contribution in [3.8, 4) is 0 Å². The van der Waals surface area contributed by atoms with Gasteiger partial charge >= 0.3 is 0 Å². The molecule has 4 rings (SSSR count). The average molecular weight is 408 g/mol. The molecule has 1 amide bonds. The van der Waals surface area contributed by atoms with Crippen LogP contribution in [0.3, 0.4) is 0 Å². The maximum absolute atomic E-state index is 13.3. The molecule has 150 valence electrons. The molecule has 6 heteroatoms. The second kappa shape index (κ2) is 8.03. The zero-order valence-electron chi connectivity index (χ0n) is 17.0. The maximum Gasteiger partial charge on any atom is 0.262 e. The molecule has 1 aromatic heterocycles. The Bertz CT molecular complexity index is 1120. The van der Waals surface area contributed by atoms with E-state index in [1.807, 2.05) is 61.2 Å². The third kappa shape index (κ3) is 3.57. The lowest BCUT2D eigenvalue weighted by Crippen LogP contribution is -2.40. The van der Waals surface area contributed by atoms with Gasteiger partial charge < -0.3 is 4.90 Å². The molecule has 2 heterocycles. The monoisotopic (exact) mass is 407 g/mol. The highest BCUT2D eigenvalue weighted by molar-refractivity contribution is 8.00. The Labute approximate surface area is 174 Å². The number of carbonyl (C=O) groups excluding carboxylic acids is 1. The fourth-order valence-corrected chi connectivity index (χ4v) is 4.95. The Morgan fingerprint density at radius 3 is 2.72 bits per heavy atom. The van der Waals surface area contributed by atoms with Gasteiger partial charge in [-0.2, -0.15) is 0 Å². The Morgan fingerprint density at radius 2 is 1.93 bits per heavy atom. The number of carbonyl (C=O) groups is 1. The third-order valence-electron chi connectivity index (χ3n) is 5.35. The zero-order chi connectivity index (χ0) is 20.5. The van der Waals surface area contributed by atoms with Gasteiger partial charge in [0.25, 0.3) is 5.56 Å². The van der Waals surface area contributed by atoms with Gasteiger partial charge in [0.15, 0.2) is 5.16 Å². The standard InChI is InChI=1S/C23H25N3O2S/c1-4-13-25-22(28)18-10-6-7-11-19(18)24-23(25)29-16(3)21(27)26-15(2)14-17-9-5-8-12-20(17)26/h5-12,15-16H,4,13-14H2,1-3H3/t15-,16+/m1/s1. The number of aromatic nitrogens is 2. The van der Waals surface area contributed by atoms with Crippen LogP contribution in [0.2, 0.25) is 0 Å². The predicted molar refractivity (Wildman–Crippen MR) is 119 cm³/mol. The molecule has 0 fully saturated rings. The summed E-state index contributed by atoms with van der Waals surface area (Å²) in [6, 6.07) is 15.6. The number of hydrogen-bond acceptors (Lipinski definition) is 4. The lowest BCUT2D eigenvalue weighted by atomic mass is 10.1. The van der Waals surface area contributed by atoms with Crippen molar-refractivity contribution in [3.05, 3.63) is 64.4 Å². The second-order valence-corrected chi connectivity index (χ2v) is 8.83. The number of thioether (sulfide) groups is 1. The highest BCUT2D eigenvalue weighted by atomic mass is 32.2. The van der Waals surface area contributed by atoms with Gasteiger partial charge in [0.1, 0.15) is 0 Å². The van der Waals surface area contributed by atoms with Gasteiger partial charge in [-0.15, -0.1) is 0 Å². The van der Waals surface area contributed by atoms with Gasteiger partial charge in [-0.1, -0.05) is 49.0 Å². The van der Waals surface area contributed by atoms with Crippen molar-refractivity contribution in [2.45, 2.75) is 56.6 Å². The van der Waals surface area contributed by atoms with Crippen LogP contribution in [-0.2, 0) is 17.8 Å². The first-order valence-corrected chi connectivity index (χ1v) is 11.0. The molecule has 5 nitrogen and oxygen atoms in total. The summed E-state index contributed by atoms with van der Waals surface area (Å²) in [4.78, 5) is 32.9. The molecule has 0 bridgehead atoms. The van der Waals surface area contributed by atoms with E-state index < -0.39 is 0 Å². The molecule has 29 heavy (non-hydrogen) atoms. The van der Waals surface area contributed by atoms with Crippen LogP contribution in [0.4, 0.5) is 5.69 Å². The first kappa shape index (κ1) is 19.7. The highest BCUT2D eigenvalue weighted by Crippen LogP contribution is 2.34. The van der Waals surface area contributed by atoms with E-state index in [-0.39, 0.29) is 22.8 Å². The van der Waals surface area contributed by atoms with E-state index in [2.05, 4.69) is 13.0 Å². The smallest absolute Gasteiger partial charge is 0.262 e. The van der Waals surface area contributed by atoms with E-state index in [1.165, 1.54) is 17.3 Å². The fourth-order valence-electron chi connectivity index (χ4n) is 3.96. The first-order chi connectivity index (χ1) is 14.0. The van der Waals surface area contributed by atoms with Gasteiger partial charge in [0.2, 0.25) is 5.91 Å². The van der Waals surface area contributed by atoms with Gasteiger partial charge in [-0.3, -0.25) is 14.2 Å². The summed E-state index contributed by atoms with van der Waals surface area (Å²) in [7, 11) is 0. The third-order valence-corrected chi connectivity index (χ3v) is 6.43. The molecule has 1 aliphatic heterocycles. The van der Waals surface area contributed by atoms with Crippen LogP contribution in [0.15, 0.2) is 58.5 Å². The molecule has 3 aromatic rings. The highest BCUT2D eigenvalue weighted by Gasteiger charge is 2.33. The lowest BCUT2D eigenvalue weighted by Gasteiger charge is -2.26. The maximum atomic E-state index is 13.3. The van der Waals surface area contributed by atoms with Crippen LogP contribution >= 0.6 is 11.8 Å². The molecule has 2 aromatic carbocycles.